The number of rotatable bonds is 3. The Bertz CT molecular complexity index is 829. The van der Waals surface area contributed by atoms with Crippen LogP contribution in [0.3, 0.4) is 0 Å². The van der Waals surface area contributed by atoms with E-state index in [1.54, 1.807) is 12.1 Å². The second-order valence-corrected chi connectivity index (χ2v) is 6.72. The first-order chi connectivity index (χ1) is 9.63. The van der Waals surface area contributed by atoms with E-state index >= 15 is 0 Å². The Hall–Kier alpha value is -1.01. The molecule has 0 aliphatic carbocycles. The van der Waals surface area contributed by atoms with Gasteiger partial charge in [-0.1, -0.05) is 41.0 Å². The number of hydrogen-bond acceptors (Lipinski definition) is 4. The summed E-state index contributed by atoms with van der Waals surface area (Å²) in [7, 11) is 0. The lowest BCUT2D eigenvalue weighted by Gasteiger charge is -2.03. The van der Waals surface area contributed by atoms with E-state index in [0.717, 1.165) is 10.4 Å². The Kier molecular flexibility index (Phi) is 4.03. The topological polar surface area (TPSA) is 45.8 Å². The van der Waals surface area contributed by atoms with Gasteiger partial charge in [-0.25, -0.2) is 4.98 Å². The van der Waals surface area contributed by atoms with Crippen molar-refractivity contribution >= 4 is 56.5 Å². The zero-order chi connectivity index (χ0) is 14.1. The summed E-state index contributed by atoms with van der Waals surface area (Å²) in [6.07, 6.45) is 0. The Morgan fingerprint density at radius 3 is 2.90 bits per heavy atom. The van der Waals surface area contributed by atoms with Gasteiger partial charge in [0.1, 0.15) is 4.83 Å². The molecule has 1 aromatic carbocycles. The monoisotopic (exact) mass is 342 g/mol. The minimum Gasteiger partial charge on any atom is -0.301 e. The molecule has 0 spiro atoms. The first-order valence-electron chi connectivity index (χ1n) is 5.68. The molecule has 0 aliphatic heterocycles. The molecule has 0 aliphatic rings. The second kappa shape index (κ2) is 5.77. The fraction of sp³-hybridized carbons (Fsp3) is 0.0769. The third kappa shape index (κ3) is 2.86. The molecule has 102 valence electrons. The number of nitrogens with one attached hydrogen (secondary N) is 1. The molecule has 2 aromatic heterocycles. The lowest BCUT2D eigenvalue weighted by molar-refractivity contribution is 0.979. The van der Waals surface area contributed by atoms with Crippen LogP contribution in [0.25, 0.3) is 10.2 Å². The maximum atomic E-state index is 11.8. The first-order valence-corrected chi connectivity index (χ1v) is 8.30. The second-order valence-electron chi connectivity index (χ2n) is 4.05. The molecule has 3 aromatic rings. The van der Waals surface area contributed by atoms with Crippen LogP contribution in [-0.4, -0.2) is 9.97 Å². The minimum atomic E-state index is -0.104. The molecule has 7 heteroatoms. The number of fused-ring (bicyclic) bond motifs is 1. The molecule has 0 bridgehead atoms. The van der Waals surface area contributed by atoms with Gasteiger partial charge < -0.3 is 4.98 Å². The molecule has 2 heterocycles. The molecule has 0 unspecified atom stereocenters. The van der Waals surface area contributed by atoms with Crippen LogP contribution in [0.4, 0.5) is 0 Å². The molecule has 1 N–H and O–H groups in total. The van der Waals surface area contributed by atoms with Crippen LogP contribution >= 0.6 is 46.3 Å². The average molecular weight is 343 g/mol. The van der Waals surface area contributed by atoms with Crippen molar-refractivity contribution in [2.24, 2.45) is 0 Å². The predicted octanol–water partition coefficient (Wildman–Crippen LogP) is 4.58. The van der Waals surface area contributed by atoms with Crippen LogP contribution in [-0.2, 0) is 5.75 Å². The number of thioether (sulfide) groups is 1. The van der Waals surface area contributed by atoms with Gasteiger partial charge in [0.2, 0.25) is 0 Å². The van der Waals surface area contributed by atoms with Crippen LogP contribution in [0, 0.1) is 0 Å². The summed E-state index contributed by atoms with van der Waals surface area (Å²) in [5, 5.41) is 4.16. The van der Waals surface area contributed by atoms with Gasteiger partial charge in [0.15, 0.2) is 5.16 Å². The summed E-state index contributed by atoms with van der Waals surface area (Å²) >= 11 is 14.8. The molecule has 20 heavy (non-hydrogen) atoms. The van der Waals surface area contributed by atoms with Crippen molar-refractivity contribution < 1.29 is 0 Å². The lowest BCUT2D eigenvalue weighted by atomic mass is 10.2. The van der Waals surface area contributed by atoms with Crippen molar-refractivity contribution in [2.75, 3.05) is 0 Å². The maximum Gasteiger partial charge on any atom is 0.260 e. The Morgan fingerprint density at radius 2 is 2.10 bits per heavy atom. The van der Waals surface area contributed by atoms with Crippen LogP contribution in [0.5, 0.6) is 0 Å². The number of H-pyrrole nitrogens is 1. The van der Waals surface area contributed by atoms with Gasteiger partial charge >= 0.3 is 0 Å². The lowest BCUT2D eigenvalue weighted by Crippen LogP contribution is -2.07. The Labute approximate surface area is 133 Å². The molecular formula is C13H8Cl2N2OS2. The van der Waals surface area contributed by atoms with Crippen LogP contribution < -0.4 is 5.56 Å². The summed E-state index contributed by atoms with van der Waals surface area (Å²) < 4.78 is 0. The highest BCUT2D eigenvalue weighted by Crippen LogP contribution is 2.26. The summed E-state index contributed by atoms with van der Waals surface area (Å²) in [5.74, 6) is 0.663. The van der Waals surface area contributed by atoms with Crippen molar-refractivity contribution in [2.45, 2.75) is 10.9 Å². The Morgan fingerprint density at radius 1 is 1.25 bits per heavy atom. The molecule has 3 nitrogen and oxygen atoms in total. The number of aromatic nitrogens is 2. The quantitative estimate of drug-likeness (QED) is 0.559. The maximum absolute atomic E-state index is 11.8. The smallest absolute Gasteiger partial charge is 0.260 e. The number of nitrogens with zero attached hydrogens (tertiary/aromatic N) is 1. The molecule has 0 saturated heterocycles. The van der Waals surface area contributed by atoms with Gasteiger partial charge in [-0.15, -0.1) is 11.3 Å². The zero-order valence-corrected chi connectivity index (χ0v) is 13.2. The van der Waals surface area contributed by atoms with E-state index < -0.39 is 0 Å². The van der Waals surface area contributed by atoms with Gasteiger partial charge in [0, 0.05) is 5.75 Å². The van der Waals surface area contributed by atoms with Crippen molar-refractivity contribution in [1.82, 2.24) is 9.97 Å². The van der Waals surface area contributed by atoms with Gasteiger partial charge in [0.05, 0.1) is 15.4 Å². The molecule has 0 atom stereocenters. The molecular weight excluding hydrogens is 335 g/mol. The van der Waals surface area contributed by atoms with Gasteiger partial charge in [-0.05, 0) is 29.1 Å². The molecule has 0 amide bonds. The summed E-state index contributed by atoms with van der Waals surface area (Å²) in [6.45, 7) is 0. The third-order valence-corrected chi connectivity index (χ3v) is 5.16. The number of thiophene rings is 1. The summed E-state index contributed by atoms with van der Waals surface area (Å²) in [5.41, 5.74) is 0.922. The highest BCUT2D eigenvalue weighted by atomic mass is 35.5. The molecule has 0 fully saturated rings. The fourth-order valence-corrected chi connectivity index (χ4v) is 3.64. The molecule has 0 radical (unpaired) electrons. The standard InChI is InChI=1S/C13H8Cl2N2OS2/c14-9-2-1-7(5-10(9)15)6-20-13-16-11(18)8-3-4-19-12(8)17-13/h1-5H,6H2,(H,16,17,18). The van der Waals surface area contributed by atoms with E-state index in [-0.39, 0.29) is 5.56 Å². The average Bonchev–Trinajstić information content (AvgIpc) is 2.89. The van der Waals surface area contributed by atoms with E-state index in [1.165, 1.54) is 23.1 Å². The fourth-order valence-electron chi connectivity index (χ4n) is 1.69. The number of halogens is 2. The summed E-state index contributed by atoms with van der Waals surface area (Å²) in [6, 6.07) is 7.26. The minimum absolute atomic E-state index is 0.104. The van der Waals surface area contributed by atoms with Gasteiger partial charge in [-0.3, -0.25) is 4.79 Å². The van der Waals surface area contributed by atoms with Crippen molar-refractivity contribution in [3.05, 3.63) is 55.6 Å². The van der Waals surface area contributed by atoms with E-state index in [4.69, 9.17) is 23.2 Å². The van der Waals surface area contributed by atoms with E-state index in [9.17, 15) is 4.79 Å². The van der Waals surface area contributed by atoms with Gasteiger partial charge in [0.25, 0.3) is 5.56 Å². The zero-order valence-electron chi connectivity index (χ0n) is 10.0. The molecule has 3 rings (SSSR count). The van der Waals surface area contributed by atoms with Crippen LogP contribution in [0.15, 0.2) is 39.6 Å². The number of hydrogen-bond donors (Lipinski definition) is 1. The third-order valence-electron chi connectivity index (χ3n) is 2.67. The highest BCUT2D eigenvalue weighted by molar-refractivity contribution is 7.98. The first kappa shape index (κ1) is 13.9. The van der Waals surface area contributed by atoms with Crippen LogP contribution in [0.2, 0.25) is 10.0 Å². The van der Waals surface area contributed by atoms with E-state index in [0.29, 0.717) is 26.3 Å². The SMILES string of the molecule is O=c1[nH]c(SCc2ccc(Cl)c(Cl)c2)nc2sccc12. The Balaban J connectivity index is 1.82. The summed E-state index contributed by atoms with van der Waals surface area (Å²) in [4.78, 5) is 19.8. The van der Waals surface area contributed by atoms with Crippen molar-refractivity contribution in [3.63, 3.8) is 0 Å². The number of aromatic amines is 1. The molecule has 0 saturated carbocycles. The van der Waals surface area contributed by atoms with Gasteiger partial charge in [-0.2, -0.15) is 0 Å². The van der Waals surface area contributed by atoms with E-state index in [2.05, 4.69) is 9.97 Å². The largest absolute Gasteiger partial charge is 0.301 e. The van der Waals surface area contributed by atoms with Crippen molar-refractivity contribution in [1.29, 1.82) is 0 Å². The highest BCUT2D eigenvalue weighted by Gasteiger charge is 2.06. The number of benzene rings is 1. The van der Waals surface area contributed by atoms with Crippen LogP contribution in [0.1, 0.15) is 5.56 Å². The van der Waals surface area contributed by atoms with Crippen molar-refractivity contribution in [3.8, 4) is 0 Å². The predicted molar refractivity (Wildman–Crippen MR) is 86.3 cm³/mol. The normalized spacial score (nSPS) is 11.1. The van der Waals surface area contributed by atoms with E-state index in [1.807, 2.05) is 17.5 Å².